The van der Waals surface area contributed by atoms with Crippen molar-refractivity contribution < 1.29 is 4.79 Å². The van der Waals surface area contributed by atoms with Crippen molar-refractivity contribution in [2.24, 2.45) is 0 Å². The van der Waals surface area contributed by atoms with Gasteiger partial charge in [0.2, 0.25) is 0 Å². The number of hydrogen-bond acceptors (Lipinski definition) is 3. The minimum absolute atomic E-state index is 0.0507. The number of hydrogen-bond donors (Lipinski definition) is 0. The van der Waals surface area contributed by atoms with Gasteiger partial charge >= 0.3 is 0 Å². The molecule has 0 aliphatic carbocycles. The predicted molar refractivity (Wildman–Crippen MR) is 79.8 cm³/mol. The van der Waals surface area contributed by atoms with Gasteiger partial charge in [0, 0.05) is 16.4 Å². The molecule has 90 valence electrons. The second-order valence-corrected chi connectivity index (χ2v) is 7.73. The molecule has 0 bridgehead atoms. The number of halogens is 2. The lowest BCUT2D eigenvalue weighted by Gasteiger charge is -2.14. The first-order valence-electron chi connectivity index (χ1n) is 4.80. The molecule has 0 aromatic carbocycles. The summed E-state index contributed by atoms with van der Waals surface area (Å²) in [5.41, 5.74) is 0. The zero-order valence-corrected chi connectivity index (χ0v) is 13.7. The molecule has 0 spiro atoms. The van der Waals surface area contributed by atoms with Crippen molar-refractivity contribution in [3.05, 3.63) is 41.6 Å². The fourth-order valence-electron chi connectivity index (χ4n) is 1.35. The standard InChI is InChI=1S/C11H9Br2NOS2/c1-14(6-7-3-2-4-16-7)11(15)9-5-8(12)10(13)17-9/h2-5H,6H2,1H3. The van der Waals surface area contributed by atoms with Gasteiger partial charge in [0.25, 0.3) is 5.91 Å². The zero-order chi connectivity index (χ0) is 12.4. The Bertz CT molecular complexity index is 502. The average molecular weight is 395 g/mol. The highest BCUT2D eigenvalue weighted by Crippen LogP contribution is 2.33. The third-order valence-electron chi connectivity index (χ3n) is 2.18. The van der Waals surface area contributed by atoms with Gasteiger partial charge in [-0.15, -0.1) is 22.7 Å². The highest BCUT2D eigenvalue weighted by Gasteiger charge is 2.16. The largest absolute Gasteiger partial charge is 0.336 e. The summed E-state index contributed by atoms with van der Waals surface area (Å²) in [6, 6.07) is 5.88. The lowest BCUT2D eigenvalue weighted by atomic mass is 10.4. The van der Waals surface area contributed by atoms with Crippen LogP contribution in [0.1, 0.15) is 14.5 Å². The monoisotopic (exact) mass is 393 g/mol. The molecule has 1 amide bonds. The van der Waals surface area contributed by atoms with Crippen molar-refractivity contribution in [2.75, 3.05) is 7.05 Å². The van der Waals surface area contributed by atoms with Crippen molar-refractivity contribution in [3.8, 4) is 0 Å². The Kier molecular flexibility index (Phi) is 4.41. The summed E-state index contributed by atoms with van der Waals surface area (Å²) in [5.74, 6) is 0.0507. The van der Waals surface area contributed by atoms with Crippen LogP contribution in [0.5, 0.6) is 0 Å². The molecule has 0 fully saturated rings. The molecule has 2 nitrogen and oxygen atoms in total. The van der Waals surface area contributed by atoms with Crippen molar-refractivity contribution in [2.45, 2.75) is 6.54 Å². The molecule has 0 unspecified atom stereocenters. The Morgan fingerprint density at radius 2 is 2.24 bits per heavy atom. The zero-order valence-electron chi connectivity index (χ0n) is 8.94. The van der Waals surface area contributed by atoms with Gasteiger partial charge < -0.3 is 4.90 Å². The Balaban J connectivity index is 2.09. The van der Waals surface area contributed by atoms with E-state index in [-0.39, 0.29) is 5.91 Å². The molecule has 0 saturated carbocycles. The van der Waals surface area contributed by atoms with E-state index in [1.165, 1.54) is 16.2 Å². The van der Waals surface area contributed by atoms with Crippen molar-refractivity contribution in [3.63, 3.8) is 0 Å². The summed E-state index contributed by atoms with van der Waals surface area (Å²) in [6.07, 6.45) is 0. The quantitative estimate of drug-likeness (QED) is 0.744. The first kappa shape index (κ1) is 13.3. The Hall–Kier alpha value is -0.170. The van der Waals surface area contributed by atoms with Gasteiger partial charge in [-0.25, -0.2) is 0 Å². The molecule has 0 radical (unpaired) electrons. The fourth-order valence-corrected chi connectivity index (χ4v) is 4.14. The summed E-state index contributed by atoms with van der Waals surface area (Å²) in [5, 5.41) is 2.02. The van der Waals surface area contributed by atoms with Crippen LogP contribution in [-0.2, 0) is 6.54 Å². The van der Waals surface area contributed by atoms with Crippen LogP contribution in [0.3, 0.4) is 0 Å². The average Bonchev–Trinajstić information content (AvgIpc) is 2.89. The van der Waals surface area contributed by atoms with Crippen LogP contribution in [0.4, 0.5) is 0 Å². The summed E-state index contributed by atoms with van der Waals surface area (Å²) in [4.78, 5) is 15.8. The Morgan fingerprint density at radius 1 is 1.47 bits per heavy atom. The van der Waals surface area contributed by atoms with Gasteiger partial charge in [0.05, 0.1) is 15.2 Å². The molecular weight excluding hydrogens is 386 g/mol. The lowest BCUT2D eigenvalue weighted by molar-refractivity contribution is 0.0791. The van der Waals surface area contributed by atoms with E-state index in [9.17, 15) is 4.79 Å². The molecule has 2 aromatic rings. The van der Waals surface area contributed by atoms with Crippen LogP contribution < -0.4 is 0 Å². The van der Waals surface area contributed by atoms with Crippen molar-refractivity contribution in [1.82, 2.24) is 4.90 Å². The molecule has 0 N–H and O–H groups in total. The molecule has 2 rings (SSSR count). The van der Waals surface area contributed by atoms with Crippen LogP contribution in [0, 0.1) is 0 Å². The van der Waals surface area contributed by atoms with Gasteiger partial charge in [-0.05, 0) is 49.4 Å². The molecule has 17 heavy (non-hydrogen) atoms. The van der Waals surface area contributed by atoms with Gasteiger partial charge in [-0.3, -0.25) is 4.79 Å². The molecule has 0 atom stereocenters. The van der Waals surface area contributed by atoms with E-state index < -0.39 is 0 Å². The molecule has 2 aromatic heterocycles. The first-order valence-corrected chi connectivity index (χ1v) is 8.09. The summed E-state index contributed by atoms with van der Waals surface area (Å²) in [6.45, 7) is 0.656. The van der Waals surface area contributed by atoms with Crippen molar-refractivity contribution >= 4 is 60.4 Å². The van der Waals surface area contributed by atoms with Crippen LogP contribution in [-0.4, -0.2) is 17.9 Å². The topological polar surface area (TPSA) is 20.3 Å². The highest BCUT2D eigenvalue weighted by atomic mass is 79.9. The second kappa shape index (κ2) is 5.65. The minimum atomic E-state index is 0.0507. The van der Waals surface area contributed by atoms with Crippen LogP contribution in [0.25, 0.3) is 0 Å². The molecule has 6 heteroatoms. The van der Waals surface area contributed by atoms with E-state index in [4.69, 9.17) is 0 Å². The first-order chi connectivity index (χ1) is 8.08. The van der Waals surface area contributed by atoms with Gasteiger partial charge in [0.1, 0.15) is 0 Å². The van der Waals surface area contributed by atoms with Crippen LogP contribution >= 0.6 is 54.5 Å². The normalized spacial score (nSPS) is 10.5. The van der Waals surface area contributed by atoms with Crippen LogP contribution in [0.15, 0.2) is 31.8 Å². The number of nitrogens with zero attached hydrogens (tertiary/aromatic N) is 1. The number of amides is 1. The summed E-state index contributed by atoms with van der Waals surface area (Å²) >= 11 is 9.89. The third-order valence-corrected chi connectivity index (χ3v) is 6.28. The fraction of sp³-hybridized carbons (Fsp3) is 0.182. The van der Waals surface area contributed by atoms with Gasteiger partial charge in [-0.1, -0.05) is 6.07 Å². The van der Waals surface area contributed by atoms with Gasteiger partial charge in [-0.2, -0.15) is 0 Å². The maximum atomic E-state index is 12.1. The third kappa shape index (κ3) is 3.19. The Morgan fingerprint density at radius 3 is 2.76 bits per heavy atom. The number of carbonyl (C=O) groups excluding carboxylic acids is 1. The minimum Gasteiger partial charge on any atom is -0.336 e. The van der Waals surface area contributed by atoms with E-state index in [0.29, 0.717) is 6.54 Å². The maximum absolute atomic E-state index is 12.1. The lowest BCUT2D eigenvalue weighted by Crippen LogP contribution is -2.24. The van der Waals surface area contributed by atoms with E-state index in [1.54, 1.807) is 16.2 Å². The number of carbonyl (C=O) groups is 1. The van der Waals surface area contributed by atoms with E-state index in [1.807, 2.05) is 30.6 Å². The van der Waals surface area contributed by atoms with E-state index in [2.05, 4.69) is 31.9 Å². The second-order valence-electron chi connectivity index (χ2n) is 3.47. The Labute approximate surface area is 125 Å². The highest BCUT2D eigenvalue weighted by molar-refractivity contribution is 9.13. The molecule has 0 aliphatic heterocycles. The summed E-state index contributed by atoms with van der Waals surface area (Å²) < 4.78 is 1.88. The SMILES string of the molecule is CN(Cc1cccs1)C(=O)c1cc(Br)c(Br)s1. The van der Waals surface area contributed by atoms with E-state index in [0.717, 1.165) is 13.1 Å². The predicted octanol–water partition coefficient (Wildman–Crippen LogP) is 4.61. The molecule has 0 saturated heterocycles. The van der Waals surface area contributed by atoms with Crippen LogP contribution in [0.2, 0.25) is 0 Å². The van der Waals surface area contributed by atoms with Crippen molar-refractivity contribution in [1.29, 1.82) is 0 Å². The smallest absolute Gasteiger partial charge is 0.264 e. The molecular formula is C11H9Br2NOS2. The van der Waals surface area contributed by atoms with E-state index >= 15 is 0 Å². The molecule has 2 heterocycles. The number of rotatable bonds is 3. The number of thiophene rings is 2. The molecule has 0 aliphatic rings. The van der Waals surface area contributed by atoms with Gasteiger partial charge in [0.15, 0.2) is 0 Å². The summed E-state index contributed by atoms with van der Waals surface area (Å²) in [7, 11) is 1.82. The maximum Gasteiger partial charge on any atom is 0.264 e.